The van der Waals surface area contributed by atoms with Crippen LogP contribution < -0.4 is 0 Å². The normalized spacial score (nSPS) is 21.8. The molecule has 0 aromatic carbocycles. The number of ketones is 1. The number of halogens is 3. The Kier molecular flexibility index (Phi) is 2.82. The summed E-state index contributed by atoms with van der Waals surface area (Å²) in [5.74, 6) is -0.927. The minimum atomic E-state index is -4.71. The first-order valence-corrected chi connectivity index (χ1v) is 4.43. The second kappa shape index (κ2) is 3.51. The molecule has 0 aromatic rings. The molecule has 1 fully saturated rings. The van der Waals surface area contributed by atoms with Crippen LogP contribution in [-0.4, -0.2) is 17.7 Å². The Hall–Kier alpha value is -0.450. The van der Waals surface area contributed by atoms with Crippen molar-refractivity contribution in [3.8, 4) is 0 Å². The van der Waals surface area contributed by atoms with E-state index < -0.39 is 12.0 Å². The maximum absolute atomic E-state index is 11.7. The number of thioether (sulfide) groups is 1. The van der Waals surface area contributed by atoms with Gasteiger partial charge in [-0.2, -0.15) is 13.2 Å². The molecule has 5 heteroatoms. The van der Waals surface area contributed by atoms with Gasteiger partial charge in [0.05, 0.1) is 0 Å². The third-order valence-electron chi connectivity index (χ3n) is 1.43. The molecular weight excluding hydrogens is 189 g/mol. The van der Waals surface area contributed by atoms with E-state index >= 15 is 0 Å². The summed E-state index contributed by atoms with van der Waals surface area (Å²) in [6.07, 6.45) is -2.54. The van der Waals surface area contributed by atoms with E-state index in [2.05, 4.69) is 0 Å². The van der Waals surface area contributed by atoms with Gasteiger partial charge in [-0.05, 0) is 23.5 Å². The molecule has 0 radical (unpaired) electrons. The van der Waals surface area contributed by atoms with Crippen molar-refractivity contribution in [3.63, 3.8) is 0 Å². The first-order chi connectivity index (χ1) is 5.50. The Morgan fingerprint density at radius 3 is 2.58 bits per heavy atom. The number of carbonyl (C=O) groups excluding carboxylic acids is 1. The van der Waals surface area contributed by atoms with E-state index in [4.69, 9.17) is 0 Å². The van der Waals surface area contributed by atoms with Crippen LogP contribution in [0.4, 0.5) is 13.2 Å². The Bertz CT molecular complexity index is 211. The topological polar surface area (TPSA) is 17.1 Å². The van der Waals surface area contributed by atoms with Crippen molar-refractivity contribution in [2.24, 2.45) is 0 Å². The number of hydrogen-bond acceptors (Lipinski definition) is 2. The van der Waals surface area contributed by atoms with Gasteiger partial charge in [-0.25, -0.2) is 0 Å². The van der Waals surface area contributed by atoms with E-state index in [9.17, 15) is 18.0 Å². The monoisotopic (exact) mass is 196 g/mol. The Morgan fingerprint density at radius 1 is 1.50 bits per heavy atom. The van der Waals surface area contributed by atoms with Gasteiger partial charge in [0.1, 0.15) is 0 Å². The zero-order valence-corrected chi connectivity index (χ0v) is 6.97. The molecule has 1 heterocycles. The largest absolute Gasteiger partial charge is 0.454 e. The third kappa shape index (κ3) is 2.55. The minimum absolute atomic E-state index is 0.553. The molecule has 0 atom stereocenters. The van der Waals surface area contributed by atoms with Crippen molar-refractivity contribution in [1.29, 1.82) is 0 Å². The lowest BCUT2D eigenvalue weighted by Gasteiger charge is -2.00. The molecule has 0 unspecified atom stereocenters. The van der Waals surface area contributed by atoms with Crippen molar-refractivity contribution >= 4 is 17.5 Å². The third-order valence-corrected chi connectivity index (χ3v) is 2.61. The van der Waals surface area contributed by atoms with E-state index in [0.717, 1.165) is 12.2 Å². The number of carbonyl (C=O) groups is 1. The van der Waals surface area contributed by atoms with Gasteiger partial charge in [-0.15, -0.1) is 11.8 Å². The van der Waals surface area contributed by atoms with Gasteiger partial charge >= 0.3 is 6.18 Å². The zero-order chi connectivity index (χ0) is 9.19. The second-order valence-corrected chi connectivity index (χ2v) is 3.65. The van der Waals surface area contributed by atoms with Crippen molar-refractivity contribution in [1.82, 2.24) is 0 Å². The summed E-state index contributed by atoms with van der Waals surface area (Å²) in [4.78, 5) is 11.0. The van der Waals surface area contributed by atoms with E-state index in [1.54, 1.807) is 0 Å². The number of alkyl halides is 3. The molecule has 1 nitrogen and oxygen atoms in total. The Morgan fingerprint density at radius 2 is 2.17 bits per heavy atom. The van der Waals surface area contributed by atoms with Gasteiger partial charge < -0.3 is 0 Å². The minimum Gasteiger partial charge on any atom is -0.285 e. The first kappa shape index (κ1) is 9.64. The first-order valence-electron chi connectivity index (χ1n) is 3.44. The molecule has 0 spiro atoms. The Balaban J connectivity index is 2.60. The predicted octanol–water partition coefficient (Wildman–Crippen LogP) is 2.53. The predicted molar refractivity (Wildman–Crippen MR) is 40.8 cm³/mol. The van der Waals surface area contributed by atoms with Crippen molar-refractivity contribution in [3.05, 3.63) is 11.0 Å². The highest BCUT2D eigenvalue weighted by Gasteiger charge is 2.36. The molecule has 0 bridgehead atoms. The number of rotatable bonds is 1. The summed E-state index contributed by atoms with van der Waals surface area (Å²) in [7, 11) is 0. The van der Waals surface area contributed by atoms with Gasteiger partial charge in [0.15, 0.2) is 0 Å². The lowest BCUT2D eigenvalue weighted by Crippen LogP contribution is -2.20. The van der Waals surface area contributed by atoms with E-state index in [-0.39, 0.29) is 0 Å². The van der Waals surface area contributed by atoms with Crippen LogP contribution in [0, 0.1) is 0 Å². The van der Waals surface area contributed by atoms with Crippen LogP contribution in [0.5, 0.6) is 0 Å². The fourth-order valence-corrected chi connectivity index (χ4v) is 1.89. The average Bonchev–Trinajstić information content (AvgIpc) is 2.37. The molecule has 0 saturated carbocycles. The summed E-state index contributed by atoms with van der Waals surface area (Å²) in [5.41, 5.74) is 0. The molecule has 68 valence electrons. The maximum Gasteiger partial charge on any atom is 0.454 e. The fraction of sp³-hybridized carbons (Fsp3) is 0.571. The van der Waals surface area contributed by atoms with Gasteiger partial charge in [-0.3, -0.25) is 4.79 Å². The fourth-order valence-electron chi connectivity index (χ4n) is 0.864. The van der Waals surface area contributed by atoms with Crippen LogP contribution in [0.3, 0.4) is 0 Å². The van der Waals surface area contributed by atoms with Crippen molar-refractivity contribution in [2.75, 3.05) is 5.75 Å². The van der Waals surface area contributed by atoms with Crippen LogP contribution in [0.2, 0.25) is 0 Å². The lowest BCUT2D eigenvalue weighted by molar-refractivity contribution is -0.165. The summed E-state index contributed by atoms with van der Waals surface area (Å²) in [6, 6.07) is 0. The summed E-state index contributed by atoms with van der Waals surface area (Å²) in [6.45, 7) is 0. The zero-order valence-electron chi connectivity index (χ0n) is 6.15. The molecule has 0 aromatic heterocycles. The van der Waals surface area contributed by atoms with Gasteiger partial charge in [-0.1, -0.05) is 0 Å². The van der Waals surface area contributed by atoms with Crippen LogP contribution in [0.25, 0.3) is 0 Å². The standard InChI is InChI=1S/C7H7F3OS/c8-7(9,10)6(11)4-5-2-1-3-12-5/h4H,1-3H2. The lowest BCUT2D eigenvalue weighted by atomic mass is 10.2. The molecule has 0 N–H and O–H groups in total. The van der Waals surface area contributed by atoms with Crippen LogP contribution in [0.15, 0.2) is 11.0 Å². The highest BCUT2D eigenvalue weighted by atomic mass is 32.2. The highest BCUT2D eigenvalue weighted by Crippen LogP contribution is 2.31. The van der Waals surface area contributed by atoms with E-state index in [1.807, 2.05) is 0 Å². The van der Waals surface area contributed by atoms with E-state index in [0.29, 0.717) is 17.4 Å². The molecule has 0 amide bonds. The van der Waals surface area contributed by atoms with Gasteiger partial charge in [0.25, 0.3) is 5.78 Å². The number of allylic oxidation sites excluding steroid dienone is 2. The summed E-state index contributed by atoms with van der Waals surface area (Å²) in [5, 5.41) is 0. The number of hydrogen-bond donors (Lipinski definition) is 0. The Labute approximate surface area is 72.0 Å². The summed E-state index contributed by atoms with van der Waals surface area (Å²) < 4.78 is 35.1. The van der Waals surface area contributed by atoms with Crippen molar-refractivity contribution in [2.45, 2.75) is 19.0 Å². The maximum atomic E-state index is 11.7. The molecule has 0 aliphatic carbocycles. The van der Waals surface area contributed by atoms with Crippen molar-refractivity contribution < 1.29 is 18.0 Å². The second-order valence-electron chi connectivity index (χ2n) is 2.42. The van der Waals surface area contributed by atoms with Crippen LogP contribution in [-0.2, 0) is 4.79 Å². The SMILES string of the molecule is O=C(C=C1CCCS1)C(F)(F)F. The quantitative estimate of drug-likeness (QED) is 0.599. The molecule has 12 heavy (non-hydrogen) atoms. The molecule has 1 aliphatic rings. The van der Waals surface area contributed by atoms with Crippen LogP contribution in [0.1, 0.15) is 12.8 Å². The van der Waals surface area contributed by atoms with E-state index in [1.165, 1.54) is 11.8 Å². The molecular formula is C7H7F3OS. The highest BCUT2D eigenvalue weighted by molar-refractivity contribution is 8.03. The van der Waals surface area contributed by atoms with Gasteiger partial charge in [0, 0.05) is 6.08 Å². The smallest absolute Gasteiger partial charge is 0.285 e. The molecule has 1 rings (SSSR count). The molecule has 1 saturated heterocycles. The van der Waals surface area contributed by atoms with Gasteiger partial charge in [0.2, 0.25) is 0 Å². The summed E-state index contributed by atoms with van der Waals surface area (Å²) >= 11 is 1.33. The van der Waals surface area contributed by atoms with Crippen LogP contribution >= 0.6 is 11.8 Å². The molecule has 1 aliphatic heterocycles. The average molecular weight is 196 g/mol.